The van der Waals surface area contributed by atoms with Gasteiger partial charge in [-0.2, -0.15) is 0 Å². The molecule has 1 aromatic carbocycles. The van der Waals surface area contributed by atoms with Gasteiger partial charge in [0.05, 0.1) is 5.69 Å². The monoisotopic (exact) mass is 387 g/mol. The first-order valence-electron chi connectivity index (χ1n) is 6.43. The van der Waals surface area contributed by atoms with E-state index in [2.05, 4.69) is 26.2 Å². The number of carbonyl (C=O) groups excluding carboxylic acids is 1. The number of hydrogen-bond donors (Lipinski definition) is 2. The van der Waals surface area contributed by atoms with Gasteiger partial charge in [0.1, 0.15) is 0 Å². The summed E-state index contributed by atoms with van der Waals surface area (Å²) in [5, 5.41) is 3.53. The molecule has 0 spiro atoms. The van der Waals surface area contributed by atoms with Crippen molar-refractivity contribution in [1.29, 1.82) is 0 Å². The largest absolute Gasteiger partial charge is 0.327 e. The Morgan fingerprint density at radius 1 is 1.38 bits per heavy atom. The minimum atomic E-state index is -0.132. The molecule has 4 nitrogen and oxygen atoms in total. The third-order valence-corrected chi connectivity index (χ3v) is 4.87. The second-order valence-corrected chi connectivity index (χ2v) is 6.85. The molecule has 0 fully saturated rings. The topological polar surface area (TPSA) is 68.0 Å². The molecule has 2 aromatic rings. The van der Waals surface area contributed by atoms with Crippen LogP contribution < -0.4 is 11.1 Å². The van der Waals surface area contributed by atoms with Crippen molar-refractivity contribution in [2.75, 3.05) is 5.32 Å². The SMILES string of the molecule is Cl.N[C@H]1CCc2nc(NC(=O)c3ccc(Br)cc3)sc2C1. The average molecular weight is 389 g/mol. The van der Waals surface area contributed by atoms with Gasteiger partial charge >= 0.3 is 0 Å². The highest BCUT2D eigenvalue weighted by molar-refractivity contribution is 9.10. The fourth-order valence-electron chi connectivity index (χ4n) is 2.22. The van der Waals surface area contributed by atoms with Crippen LogP contribution in [0.25, 0.3) is 0 Å². The van der Waals surface area contributed by atoms with Crippen molar-refractivity contribution in [1.82, 2.24) is 4.98 Å². The van der Waals surface area contributed by atoms with Crippen molar-refractivity contribution < 1.29 is 4.79 Å². The number of anilines is 1. The molecule has 1 aliphatic rings. The van der Waals surface area contributed by atoms with Gasteiger partial charge in [-0.25, -0.2) is 4.98 Å². The van der Waals surface area contributed by atoms with Gasteiger partial charge in [-0.05, 0) is 43.5 Å². The minimum absolute atomic E-state index is 0. The Balaban J connectivity index is 0.00000161. The van der Waals surface area contributed by atoms with Crippen LogP contribution in [0.15, 0.2) is 28.7 Å². The number of aromatic nitrogens is 1. The molecule has 0 aliphatic heterocycles. The number of amides is 1. The molecule has 1 heterocycles. The summed E-state index contributed by atoms with van der Waals surface area (Å²) in [6.45, 7) is 0. The van der Waals surface area contributed by atoms with E-state index in [1.54, 1.807) is 12.1 Å². The maximum Gasteiger partial charge on any atom is 0.257 e. The van der Waals surface area contributed by atoms with Crippen LogP contribution >= 0.6 is 39.7 Å². The van der Waals surface area contributed by atoms with Crippen LogP contribution in [0.2, 0.25) is 0 Å². The maximum absolute atomic E-state index is 12.1. The van der Waals surface area contributed by atoms with Crippen LogP contribution in [-0.4, -0.2) is 16.9 Å². The molecule has 1 aliphatic carbocycles. The minimum Gasteiger partial charge on any atom is -0.327 e. The van der Waals surface area contributed by atoms with Gasteiger partial charge < -0.3 is 5.73 Å². The number of nitrogens with zero attached hydrogens (tertiary/aromatic N) is 1. The second kappa shape index (κ2) is 6.87. The van der Waals surface area contributed by atoms with Gasteiger partial charge in [-0.15, -0.1) is 23.7 Å². The Hall–Kier alpha value is -0.950. The Labute approximate surface area is 141 Å². The highest BCUT2D eigenvalue weighted by atomic mass is 79.9. The van der Waals surface area contributed by atoms with Gasteiger partial charge in [0.25, 0.3) is 5.91 Å². The summed E-state index contributed by atoms with van der Waals surface area (Å²) in [5.41, 5.74) is 7.66. The Kier molecular flexibility index (Phi) is 5.37. The van der Waals surface area contributed by atoms with Gasteiger partial charge in [0, 0.05) is 21.0 Å². The summed E-state index contributed by atoms with van der Waals surface area (Å²) in [7, 11) is 0. The van der Waals surface area contributed by atoms with Gasteiger partial charge in [0.2, 0.25) is 0 Å². The van der Waals surface area contributed by atoms with Gasteiger partial charge in [-0.1, -0.05) is 15.9 Å². The molecule has 21 heavy (non-hydrogen) atoms. The molecule has 1 atom stereocenters. The zero-order valence-corrected chi connectivity index (χ0v) is 14.4. The number of benzene rings is 1. The van der Waals surface area contributed by atoms with Crippen molar-refractivity contribution in [3.63, 3.8) is 0 Å². The molecule has 0 saturated carbocycles. The summed E-state index contributed by atoms with van der Waals surface area (Å²) >= 11 is 4.88. The molecule has 1 amide bonds. The third-order valence-electron chi connectivity index (χ3n) is 3.30. The van der Waals surface area contributed by atoms with Crippen molar-refractivity contribution in [2.45, 2.75) is 25.3 Å². The van der Waals surface area contributed by atoms with Crippen molar-refractivity contribution in [2.24, 2.45) is 5.73 Å². The van der Waals surface area contributed by atoms with Crippen molar-refractivity contribution >= 4 is 50.7 Å². The first-order valence-corrected chi connectivity index (χ1v) is 8.04. The van der Waals surface area contributed by atoms with Gasteiger partial charge in [-0.3, -0.25) is 10.1 Å². The predicted molar refractivity (Wildman–Crippen MR) is 91.5 cm³/mol. The molecule has 0 radical (unpaired) electrons. The van der Waals surface area contributed by atoms with E-state index >= 15 is 0 Å². The number of fused-ring (bicyclic) bond motifs is 1. The third kappa shape index (κ3) is 3.83. The highest BCUT2D eigenvalue weighted by Crippen LogP contribution is 2.29. The van der Waals surface area contributed by atoms with Crippen LogP contribution in [-0.2, 0) is 12.8 Å². The molecule has 3 N–H and O–H groups in total. The maximum atomic E-state index is 12.1. The van der Waals surface area contributed by atoms with Gasteiger partial charge in [0.15, 0.2) is 5.13 Å². The van der Waals surface area contributed by atoms with Crippen LogP contribution in [0.4, 0.5) is 5.13 Å². The van der Waals surface area contributed by atoms with E-state index < -0.39 is 0 Å². The number of carbonyl (C=O) groups is 1. The van der Waals surface area contributed by atoms with Crippen LogP contribution in [0.3, 0.4) is 0 Å². The first kappa shape index (κ1) is 16.4. The number of halogens is 2. The number of hydrogen-bond acceptors (Lipinski definition) is 4. The van der Waals surface area contributed by atoms with Crippen LogP contribution in [0.5, 0.6) is 0 Å². The number of nitrogens with one attached hydrogen (secondary N) is 1. The van der Waals surface area contributed by atoms with E-state index in [1.807, 2.05) is 12.1 Å². The van der Waals surface area contributed by atoms with Crippen molar-refractivity contribution in [3.8, 4) is 0 Å². The first-order chi connectivity index (χ1) is 9.61. The van der Waals surface area contributed by atoms with E-state index in [-0.39, 0.29) is 24.4 Å². The highest BCUT2D eigenvalue weighted by Gasteiger charge is 2.20. The van der Waals surface area contributed by atoms with Crippen LogP contribution in [0, 0.1) is 0 Å². The fraction of sp³-hybridized carbons (Fsp3) is 0.286. The summed E-state index contributed by atoms with van der Waals surface area (Å²) in [4.78, 5) is 17.8. The average Bonchev–Trinajstić information content (AvgIpc) is 2.80. The number of aryl methyl sites for hydroxylation is 1. The smallest absolute Gasteiger partial charge is 0.257 e. The molecular weight excluding hydrogens is 374 g/mol. The number of rotatable bonds is 2. The fourth-order valence-corrected chi connectivity index (χ4v) is 3.58. The molecule has 0 bridgehead atoms. The Morgan fingerprint density at radius 3 is 2.81 bits per heavy atom. The summed E-state index contributed by atoms with van der Waals surface area (Å²) < 4.78 is 0.952. The van der Waals surface area contributed by atoms with Crippen LogP contribution in [0.1, 0.15) is 27.3 Å². The lowest BCUT2D eigenvalue weighted by molar-refractivity contribution is 0.102. The van der Waals surface area contributed by atoms with E-state index in [0.717, 1.165) is 29.4 Å². The molecule has 0 saturated heterocycles. The van der Waals surface area contributed by atoms with Crippen molar-refractivity contribution in [3.05, 3.63) is 44.9 Å². The molecule has 7 heteroatoms. The summed E-state index contributed by atoms with van der Waals surface area (Å²) in [6, 6.07) is 7.48. The lowest BCUT2D eigenvalue weighted by atomic mass is 9.99. The predicted octanol–water partition coefficient (Wildman–Crippen LogP) is 3.40. The molecule has 1 aromatic heterocycles. The zero-order chi connectivity index (χ0) is 14.1. The normalized spacial score (nSPS) is 16.8. The Morgan fingerprint density at radius 2 is 2.10 bits per heavy atom. The zero-order valence-electron chi connectivity index (χ0n) is 11.1. The van der Waals surface area contributed by atoms with E-state index in [1.165, 1.54) is 16.2 Å². The molecule has 0 unspecified atom stereocenters. The quantitative estimate of drug-likeness (QED) is 0.828. The molecule has 112 valence electrons. The lowest BCUT2D eigenvalue weighted by Gasteiger charge is -2.15. The number of nitrogens with two attached hydrogens (primary N) is 1. The molecular formula is C14H15BrClN3OS. The second-order valence-electron chi connectivity index (χ2n) is 4.85. The standard InChI is InChI=1S/C14H14BrN3OS.ClH/c15-9-3-1-8(2-4-9)13(19)18-14-17-11-6-5-10(16)7-12(11)20-14;/h1-4,10H,5-7,16H2,(H,17,18,19);1H/t10-;/m0./s1. The summed E-state index contributed by atoms with van der Waals surface area (Å²) in [5.74, 6) is -0.132. The summed E-state index contributed by atoms with van der Waals surface area (Å²) in [6.07, 6.45) is 2.74. The van der Waals surface area contributed by atoms with E-state index in [4.69, 9.17) is 5.73 Å². The van der Waals surface area contributed by atoms with E-state index in [9.17, 15) is 4.79 Å². The Bertz CT molecular complexity index is 644. The number of thiazole rings is 1. The molecule has 3 rings (SSSR count). The lowest BCUT2D eigenvalue weighted by Crippen LogP contribution is -2.27. The van der Waals surface area contributed by atoms with E-state index in [0.29, 0.717) is 10.7 Å².